The molecule has 0 bridgehead atoms. The van der Waals surface area contributed by atoms with Crippen LogP contribution in [0, 0.1) is 17.0 Å². The maximum atomic E-state index is 12.5. The lowest BCUT2D eigenvalue weighted by atomic mass is 10.1. The fraction of sp³-hybridized carbons (Fsp3) is 0.250. The summed E-state index contributed by atoms with van der Waals surface area (Å²) in [5.74, 6) is -1.43. The third-order valence-corrected chi connectivity index (χ3v) is 5.59. The Hall–Kier alpha value is -4.34. The first-order chi connectivity index (χ1) is 16.3. The number of unbranched alkanes of at least 4 members (excludes halogenated alkanes) is 2. The van der Waals surface area contributed by atoms with E-state index in [-0.39, 0.29) is 35.5 Å². The molecule has 4 rings (SSSR count). The first-order valence-electron chi connectivity index (χ1n) is 10.6. The molecule has 0 aliphatic carbocycles. The second kappa shape index (κ2) is 9.26. The average Bonchev–Trinajstić information content (AvgIpc) is 3.03. The number of esters is 1. The number of nitro groups is 1. The number of carbonyl (C=O) groups is 3. The van der Waals surface area contributed by atoms with Gasteiger partial charge in [0.05, 0.1) is 10.5 Å². The molecule has 0 saturated heterocycles. The quantitative estimate of drug-likeness (QED) is 0.0934. The Morgan fingerprint density at radius 3 is 2.62 bits per heavy atom. The zero-order valence-electron chi connectivity index (χ0n) is 18.2. The summed E-state index contributed by atoms with van der Waals surface area (Å²) in [4.78, 5) is 60.2. The van der Waals surface area contributed by atoms with Crippen LogP contribution in [0.4, 0.5) is 5.69 Å². The van der Waals surface area contributed by atoms with Crippen molar-refractivity contribution in [3.63, 3.8) is 0 Å². The molecule has 0 saturated carbocycles. The van der Waals surface area contributed by atoms with E-state index < -0.39 is 28.3 Å². The van der Waals surface area contributed by atoms with Crippen molar-refractivity contribution in [3.8, 4) is 5.75 Å². The predicted molar refractivity (Wildman–Crippen MR) is 120 cm³/mol. The van der Waals surface area contributed by atoms with Gasteiger partial charge in [0, 0.05) is 36.6 Å². The highest BCUT2D eigenvalue weighted by atomic mass is 16.6. The van der Waals surface area contributed by atoms with Crippen LogP contribution in [0.2, 0.25) is 0 Å². The molecule has 1 aromatic heterocycles. The number of rotatable bonds is 8. The fourth-order valence-electron chi connectivity index (χ4n) is 3.94. The molecule has 2 aromatic carbocycles. The Morgan fingerprint density at radius 1 is 1.06 bits per heavy atom. The number of benzene rings is 2. The van der Waals surface area contributed by atoms with E-state index in [1.165, 1.54) is 30.3 Å². The minimum atomic E-state index is -0.677. The predicted octanol–water partition coefficient (Wildman–Crippen LogP) is 3.77. The number of imide groups is 1. The highest BCUT2D eigenvalue weighted by molar-refractivity contribution is 6.23. The zero-order chi connectivity index (χ0) is 24.4. The molecule has 0 fully saturated rings. The molecule has 1 aliphatic heterocycles. The number of aryl methyl sites for hydroxylation is 1. The summed E-state index contributed by atoms with van der Waals surface area (Å²) in [5, 5.41) is 11.9. The van der Waals surface area contributed by atoms with Crippen LogP contribution in [0.15, 0.2) is 51.7 Å². The van der Waals surface area contributed by atoms with Crippen molar-refractivity contribution in [1.82, 2.24) is 4.90 Å². The number of ether oxygens (including phenoxy) is 1. The van der Waals surface area contributed by atoms with Crippen LogP contribution in [-0.4, -0.2) is 34.2 Å². The molecule has 10 nitrogen and oxygen atoms in total. The first kappa shape index (κ1) is 22.8. The molecule has 3 aromatic rings. The van der Waals surface area contributed by atoms with Crippen molar-refractivity contribution in [2.75, 3.05) is 6.54 Å². The summed E-state index contributed by atoms with van der Waals surface area (Å²) in [7, 11) is 0. The smallest absolute Gasteiger partial charge is 0.336 e. The van der Waals surface area contributed by atoms with Crippen LogP contribution < -0.4 is 10.4 Å². The molecule has 174 valence electrons. The fourth-order valence-corrected chi connectivity index (χ4v) is 3.94. The Bertz CT molecular complexity index is 1390. The monoisotopic (exact) mass is 464 g/mol. The Morgan fingerprint density at radius 2 is 1.85 bits per heavy atom. The lowest BCUT2D eigenvalue weighted by Crippen LogP contribution is -2.30. The van der Waals surface area contributed by atoms with Gasteiger partial charge in [-0.3, -0.25) is 29.4 Å². The maximum absolute atomic E-state index is 12.5. The van der Waals surface area contributed by atoms with Gasteiger partial charge in [0.25, 0.3) is 17.5 Å². The number of nitro benzene ring substituents is 1. The molecule has 0 unspecified atom stereocenters. The van der Waals surface area contributed by atoms with E-state index in [2.05, 4.69) is 0 Å². The van der Waals surface area contributed by atoms with Crippen molar-refractivity contribution in [2.24, 2.45) is 0 Å². The number of hydrogen-bond acceptors (Lipinski definition) is 8. The van der Waals surface area contributed by atoms with Gasteiger partial charge in [-0.05, 0) is 43.5 Å². The van der Waals surface area contributed by atoms with Crippen LogP contribution in [0.3, 0.4) is 0 Å². The minimum absolute atomic E-state index is 0.0317. The van der Waals surface area contributed by atoms with Gasteiger partial charge in [0.1, 0.15) is 16.9 Å². The van der Waals surface area contributed by atoms with Gasteiger partial charge in [0.2, 0.25) is 0 Å². The number of nitrogens with zero attached hydrogens (tertiary/aromatic N) is 2. The molecule has 34 heavy (non-hydrogen) atoms. The largest absolute Gasteiger partial charge is 0.426 e. The van der Waals surface area contributed by atoms with Crippen LogP contribution in [0.1, 0.15) is 52.0 Å². The van der Waals surface area contributed by atoms with Gasteiger partial charge in [-0.15, -0.1) is 0 Å². The van der Waals surface area contributed by atoms with E-state index in [1.807, 2.05) is 0 Å². The van der Waals surface area contributed by atoms with Gasteiger partial charge < -0.3 is 9.15 Å². The van der Waals surface area contributed by atoms with Crippen LogP contribution in [0.5, 0.6) is 5.75 Å². The molecule has 0 radical (unpaired) electrons. The Labute approximate surface area is 192 Å². The van der Waals surface area contributed by atoms with Crippen molar-refractivity contribution >= 4 is 34.4 Å². The van der Waals surface area contributed by atoms with Crippen LogP contribution >= 0.6 is 0 Å². The molecule has 2 amide bonds. The summed E-state index contributed by atoms with van der Waals surface area (Å²) in [6, 6.07) is 10.2. The van der Waals surface area contributed by atoms with Crippen molar-refractivity contribution in [3.05, 3.63) is 79.7 Å². The van der Waals surface area contributed by atoms with Crippen LogP contribution in [-0.2, 0) is 4.79 Å². The van der Waals surface area contributed by atoms with E-state index in [4.69, 9.17) is 9.15 Å². The van der Waals surface area contributed by atoms with E-state index in [0.29, 0.717) is 24.8 Å². The molecular formula is C24H20N2O8. The molecule has 2 heterocycles. The number of hydrogen-bond donors (Lipinski definition) is 0. The summed E-state index contributed by atoms with van der Waals surface area (Å²) in [6.07, 6.45) is 1.55. The third kappa shape index (κ3) is 4.42. The third-order valence-electron chi connectivity index (χ3n) is 5.59. The second-order valence-electron chi connectivity index (χ2n) is 7.91. The first-order valence-corrected chi connectivity index (χ1v) is 10.6. The summed E-state index contributed by atoms with van der Waals surface area (Å²) >= 11 is 0. The van der Waals surface area contributed by atoms with Gasteiger partial charge in [-0.1, -0.05) is 12.5 Å². The lowest BCUT2D eigenvalue weighted by Gasteiger charge is -2.13. The lowest BCUT2D eigenvalue weighted by molar-refractivity contribution is -0.385. The summed E-state index contributed by atoms with van der Waals surface area (Å²) in [6.45, 7) is 1.88. The van der Waals surface area contributed by atoms with E-state index in [0.717, 1.165) is 15.8 Å². The van der Waals surface area contributed by atoms with Crippen molar-refractivity contribution in [2.45, 2.75) is 32.6 Å². The van der Waals surface area contributed by atoms with Gasteiger partial charge in [-0.2, -0.15) is 0 Å². The summed E-state index contributed by atoms with van der Waals surface area (Å²) < 4.78 is 10.5. The van der Waals surface area contributed by atoms with Gasteiger partial charge in [-0.25, -0.2) is 4.79 Å². The number of amides is 2. The minimum Gasteiger partial charge on any atom is -0.426 e. The van der Waals surface area contributed by atoms with Crippen LogP contribution in [0.25, 0.3) is 11.0 Å². The maximum Gasteiger partial charge on any atom is 0.336 e. The van der Waals surface area contributed by atoms with Gasteiger partial charge >= 0.3 is 11.6 Å². The average molecular weight is 464 g/mol. The molecule has 0 N–H and O–H groups in total. The van der Waals surface area contributed by atoms with E-state index in [9.17, 15) is 29.3 Å². The Kier molecular flexibility index (Phi) is 6.22. The topological polar surface area (TPSA) is 137 Å². The molecule has 0 spiro atoms. The number of fused-ring (bicyclic) bond motifs is 2. The molecule has 1 aliphatic rings. The number of carbonyl (C=O) groups excluding carboxylic acids is 3. The van der Waals surface area contributed by atoms with Gasteiger partial charge in [0.15, 0.2) is 0 Å². The highest BCUT2D eigenvalue weighted by Crippen LogP contribution is 2.31. The normalized spacial score (nSPS) is 12.8. The molecular weight excluding hydrogens is 444 g/mol. The molecule has 0 atom stereocenters. The standard InChI is InChI=1S/C24H20N2O8/c1-14-12-21(28)34-19-13-15(9-10-16(14)19)33-20(27)8-3-2-4-11-25-23(29)17-6-5-7-18(26(31)32)22(17)24(25)30/h5-7,9-10,12-13H,2-4,8,11H2,1H3. The van der Waals surface area contributed by atoms with Crippen molar-refractivity contribution in [1.29, 1.82) is 0 Å². The summed E-state index contributed by atoms with van der Waals surface area (Å²) in [5.41, 5.74) is 0.0744. The Balaban J connectivity index is 1.27. The van der Waals surface area contributed by atoms with E-state index >= 15 is 0 Å². The van der Waals surface area contributed by atoms with E-state index in [1.54, 1.807) is 19.1 Å². The van der Waals surface area contributed by atoms with Crippen molar-refractivity contribution < 1.29 is 28.5 Å². The second-order valence-corrected chi connectivity index (χ2v) is 7.91. The molecule has 10 heteroatoms. The highest BCUT2D eigenvalue weighted by Gasteiger charge is 2.40. The zero-order valence-corrected chi connectivity index (χ0v) is 18.2. The SMILES string of the molecule is Cc1cc(=O)oc2cc(OC(=O)CCCCCN3C(=O)c4cccc([N+](=O)[O-])c4C3=O)ccc12.